The number of benzene rings is 1. The van der Waals surface area contributed by atoms with E-state index in [1.165, 1.54) is 16.5 Å². The van der Waals surface area contributed by atoms with Gasteiger partial charge in [-0.25, -0.2) is 0 Å². The summed E-state index contributed by atoms with van der Waals surface area (Å²) in [5.74, 6) is 0.781. The minimum absolute atomic E-state index is 0.124. The van der Waals surface area contributed by atoms with Crippen molar-refractivity contribution in [3.05, 3.63) is 33.9 Å². The van der Waals surface area contributed by atoms with Crippen molar-refractivity contribution in [2.24, 2.45) is 15.5 Å². The van der Waals surface area contributed by atoms with Crippen LogP contribution in [-0.4, -0.2) is 43.8 Å². The van der Waals surface area contributed by atoms with Gasteiger partial charge in [0.25, 0.3) is 0 Å². The zero-order valence-corrected chi connectivity index (χ0v) is 19.9. The van der Waals surface area contributed by atoms with Crippen molar-refractivity contribution >= 4 is 22.8 Å². The van der Waals surface area contributed by atoms with Crippen LogP contribution < -0.4 is 26.1 Å². The number of aromatic nitrogens is 3. The molecule has 1 aromatic carbocycles. The summed E-state index contributed by atoms with van der Waals surface area (Å²) in [4.78, 5) is 13.8. The Bertz CT molecular complexity index is 869. The molecule has 1 aromatic heterocycles. The van der Waals surface area contributed by atoms with E-state index in [1.807, 2.05) is 0 Å². The predicted octanol–water partition coefficient (Wildman–Crippen LogP) is 1.18. The van der Waals surface area contributed by atoms with Crippen LogP contribution >= 0.6 is 0 Å². The van der Waals surface area contributed by atoms with Crippen molar-refractivity contribution in [1.29, 1.82) is 0 Å². The molecule has 28 heavy (non-hydrogen) atoms. The van der Waals surface area contributed by atoms with Gasteiger partial charge in [-0.05, 0) is 0 Å². The third kappa shape index (κ3) is 4.45. The van der Waals surface area contributed by atoms with E-state index in [1.54, 1.807) is 4.79 Å². The van der Waals surface area contributed by atoms with Gasteiger partial charge in [0.05, 0.1) is 0 Å². The van der Waals surface area contributed by atoms with Crippen molar-refractivity contribution in [3.63, 3.8) is 0 Å². The molecule has 0 saturated heterocycles. The van der Waals surface area contributed by atoms with Crippen molar-refractivity contribution in [2.75, 3.05) is 22.4 Å². The molecule has 1 aliphatic heterocycles. The van der Waals surface area contributed by atoms with E-state index in [-0.39, 0.29) is 26.6 Å². The number of rotatable bonds is 7. The second kappa shape index (κ2) is 8.71. The number of alkyl halides is 1. The van der Waals surface area contributed by atoms with Gasteiger partial charge >= 0.3 is 179 Å². The van der Waals surface area contributed by atoms with E-state index < -0.39 is 0 Å². The van der Waals surface area contributed by atoms with E-state index in [2.05, 4.69) is 75.8 Å². The van der Waals surface area contributed by atoms with Crippen molar-refractivity contribution in [3.8, 4) is 0 Å². The Morgan fingerprint density at radius 2 is 1.75 bits per heavy atom. The fourth-order valence-corrected chi connectivity index (χ4v) is 4.82. The first kappa shape index (κ1) is 21.0. The van der Waals surface area contributed by atoms with Crippen LogP contribution in [0.3, 0.4) is 0 Å². The molecule has 7 heteroatoms. The van der Waals surface area contributed by atoms with E-state index in [4.69, 9.17) is 15.1 Å². The molecule has 0 aliphatic carbocycles. The Hall–Kier alpha value is -1.77. The molecular formula is C21H30IN6-. The van der Waals surface area contributed by atoms with E-state index in [0.29, 0.717) is 0 Å². The molecule has 152 valence electrons. The first-order valence-electron chi connectivity index (χ1n) is 9.97. The summed E-state index contributed by atoms with van der Waals surface area (Å²) in [6, 6.07) is 8.42. The molecule has 6 nitrogen and oxygen atoms in total. The van der Waals surface area contributed by atoms with Gasteiger partial charge in [-0.3, -0.25) is 0 Å². The third-order valence-electron chi connectivity index (χ3n) is 4.53. The summed E-state index contributed by atoms with van der Waals surface area (Å²) in [5, 5.41) is 9.36. The monoisotopic (exact) mass is 493 g/mol. The minimum atomic E-state index is -0.154. The molecule has 0 atom stereocenters. The quantitative estimate of drug-likeness (QED) is 0.430. The molecule has 0 spiro atoms. The van der Waals surface area contributed by atoms with E-state index in [0.717, 1.165) is 39.9 Å². The molecule has 0 unspecified atom stereocenters. The van der Waals surface area contributed by atoms with Crippen molar-refractivity contribution in [1.82, 2.24) is 14.9 Å². The van der Waals surface area contributed by atoms with Gasteiger partial charge in [0, 0.05) is 0 Å². The summed E-state index contributed by atoms with van der Waals surface area (Å²) in [6.07, 6.45) is 1.17. The van der Waals surface area contributed by atoms with E-state index in [9.17, 15) is 0 Å². The Kier molecular flexibility index (Phi) is 6.52. The van der Waals surface area contributed by atoms with Crippen LogP contribution in [0.5, 0.6) is 0 Å². The molecule has 0 N–H and O–H groups in total. The van der Waals surface area contributed by atoms with Crippen LogP contribution in [0.1, 0.15) is 53.8 Å². The van der Waals surface area contributed by atoms with Crippen LogP contribution in [0.25, 0.3) is 0 Å². The van der Waals surface area contributed by atoms with Crippen LogP contribution in [0.4, 0.5) is 11.4 Å². The Morgan fingerprint density at radius 1 is 1.07 bits per heavy atom. The Labute approximate surface area is 178 Å². The van der Waals surface area contributed by atoms with Gasteiger partial charge in [0.15, 0.2) is 0 Å². The number of hydrogen-bond donors (Lipinski definition) is 0. The SMILES string of the molecule is CCC[I-]c1nc2n(n1)N=C(C(C)(C)C)C2=Nc1ccc(N(CC)CC)cc1. The van der Waals surface area contributed by atoms with Gasteiger partial charge in [0.2, 0.25) is 0 Å². The Balaban J connectivity index is 1.96. The van der Waals surface area contributed by atoms with Gasteiger partial charge in [-0.2, -0.15) is 0 Å². The van der Waals surface area contributed by atoms with Crippen molar-refractivity contribution in [2.45, 2.75) is 48.0 Å². The second-order valence-corrected chi connectivity index (χ2v) is 10.6. The molecule has 0 radical (unpaired) electrons. The number of aliphatic imine (C=N–C) groups is 1. The second-order valence-electron chi connectivity index (χ2n) is 7.76. The zero-order valence-electron chi connectivity index (χ0n) is 17.7. The van der Waals surface area contributed by atoms with Gasteiger partial charge in [-0.15, -0.1) is 0 Å². The van der Waals surface area contributed by atoms with Crippen LogP contribution in [0.15, 0.2) is 34.4 Å². The number of nitrogens with zero attached hydrogens (tertiary/aromatic N) is 6. The normalized spacial score (nSPS) is 15.2. The summed E-state index contributed by atoms with van der Waals surface area (Å²) in [7, 11) is 0. The molecule has 0 fully saturated rings. The molecule has 1 aliphatic rings. The third-order valence-corrected chi connectivity index (χ3v) is 7.29. The molecule has 3 rings (SSSR count). The number of hydrogen-bond acceptors (Lipinski definition) is 5. The molecule has 0 bridgehead atoms. The standard InChI is InChI=1S/C21H30IN6/c1-7-14-22-20-24-19-17(18(21(4,5)6)25-28(19)26-20)23-15-10-12-16(13-11-15)27(8-2)9-3/h10-13H,7-9,14H2,1-6H3/q-1. The van der Waals surface area contributed by atoms with Crippen LogP contribution in [0.2, 0.25) is 0 Å². The summed E-state index contributed by atoms with van der Waals surface area (Å²) in [6.45, 7) is 15.0. The molecule has 2 aromatic rings. The first-order valence-corrected chi connectivity index (χ1v) is 12.6. The Morgan fingerprint density at radius 3 is 2.32 bits per heavy atom. The van der Waals surface area contributed by atoms with Crippen LogP contribution in [-0.2, 0) is 0 Å². The summed E-state index contributed by atoms with van der Waals surface area (Å²) >= 11 is -0.154. The summed E-state index contributed by atoms with van der Waals surface area (Å²) < 4.78 is 2.15. The fourth-order valence-electron chi connectivity index (χ4n) is 3.04. The maximum atomic E-state index is 4.95. The predicted molar refractivity (Wildman–Crippen MR) is 112 cm³/mol. The van der Waals surface area contributed by atoms with Crippen LogP contribution in [0, 0.1) is 9.25 Å². The van der Waals surface area contributed by atoms with Gasteiger partial charge < -0.3 is 0 Å². The van der Waals surface area contributed by atoms with E-state index >= 15 is 0 Å². The maximum absolute atomic E-state index is 4.95. The molecule has 2 heterocycles. The molecular weight excluding hydrogens is 463 g/mol. The number of anilines is 1. The molecule has 0 amide bonds. The summed E-state index contributed by atoms with van der Waals surface area (Å²) in [5.41, 5.74) is 3.81. The molecule has 0 saturated carbocycles. The topological polar surface area (TPSA) is 58.7 Å². The first-order chi connectivity index (χ1) is 13.4. The average Bonchev–Trinajstić information content (AvgIpc) is 3.21. The number of fused-ring (bicyclic) bond motifs is 1. The zero-order chi connectivity index (χ0) is 20.3. The number of halogens is 1. The average molecular weight is 493 g/mol. The van der Waals surface area contributed by atoms with Gasteiger partial charge in [0.1, 0.15) is 0 Å². The fraction of sp³-hybridized carbons (Fsp3) is 0.524. The van der Waals surface area contributed by atoms with Crippen molar-refractivity contribution < 1.29 is 21.2 Å². The van der Waals surface area contributed by atoms with Gasteiger partial charge in [-0.1, -0.05) is 0 Å².